The van der Waals surface area contributed by atoms with Crippen LogP contribution >= 0.6 is 11.6 Å². The summed E-state index contributed by atoms with van der Waals surface area (Å²) in [4.78, 5) is 12.8. The standard InChI is InChI=1S/C22H16ClN5/c23-21-20-19(17-4-2-1-3-5-17)13-28(22(20)26-14-25-21)18-8-6-16(7-9-18)12-27-11-10-24-15-27/h1-11,13-15H,12H2. The zero-order valence-electron chi connectivity index (χ0n) is 14.9. The summed E-state index contributed by atoms with van der Waals surface area (Å²) in [6.45, 7) is 0.788. The Hall–Kier alpha value is -3.44. The molecule has 136 valence electrons. The van der Waals surface area contributed by atoms with Gasteiger partial charge in [-0.25, -0.2) is 15.0 Å². The molecular formula is C22H16ClN5. The van der Waals surface area contributed by atoms with Crippen LogP contribution in [0.25, 0.3) is 27.8 Å². The minimum Gasteiger partial charge on any atom is -0.333 e. The summed E-state index contributed by atoms with van der Waals surface area (Å²) in [6.07, 6.45) is 9.14. The smallest absolute Gasteiger partial charge is 0.150 e. The Bertz CT molecular complexity index is 1230. The van der Waals surface area contributed by atoms with Gasteiger partial charge in [-0.2, -0.15) is 0 Å². The number of benzene rings is 2. The number of hydrogen-bond acceptors (Lipinski definition) is 3. The predicted octanol–water partition coefficient (Wildman–Crippen LogP) is 4.99. The van der Waals surface area contributed by atoms with Crippen LogP contribution in [-0.4, -0.2) is 24.1 Å². The summed E-state index contributed by atoms with van der Waals surface area (Å²) in [6, 6.07) is 18.6. The molecule has 2 aromatic carbocycles. The van der Waals surface area contributed by atoms with Crippen molar-refractivity contribution < 1.29 is 0 Å². The van der Waals surface area contributed by atoms with E-state index in [0.29, 0.717) is 5.15 Å². The molecule has 3 heterocycles. The van der Waals surface area contributed by atoms with Gasteiger partial charge in [0.1, 0.15) is 17.1 Å². The van der Waals surface area contributed by atoms with Crippen molar-refractivity contribution in [1.29, 1.82) is 0 Å². The molecule has 0 aliphatic rings. The highest BCUT2D eigenvalue weighted by atomic mass is 35.5. The Balaban J connectivity index is 1.60. The van der Waals surface area contributed by atoms with Gasteiger partial charge < -0.3 is 9.13 Å². The number of aromatic nitrogens is 5. The highest BCUT2D eigenvalue weighted by Gasteiger charge is 2.16. The van der Waals surface area contributed by atoms with Crippen molar-refractivity contribution in [2.75, 3.05) is 0 Å². The molecule has 0 spiro atoms. The van der Waals surface area contributed by atoms with Gasteiger partial charge in [-0.3, -0.25) is 0 Å². The van der Waals surface area contributed by atoms with Gasteiger partial charge in [0.15, 0.2) is 0 Å². The average molecular weight is 386 g/mol. The molecule has 0 fully saturated rings. The first-order valence-electron chi connectivity index (χ1n) is 8.91. The maximum Gasteiger partial charge on any atom is 0.150 e. The van der Waals surface area contributed by atoms with Gasteiger partial charge in [0, 0.05) is 36.4 Å². The van der Waals surface area contributed by atoms with Gasteiger partial charge in [0.2, 0.25) is 0 Å². The van der Waals surface area contributed by atoms with Crippen LogP contribution in [0.3, 0.4) is 0 Å². The zero-order chi connectivity index (χ0) is 18.9. The first-order chi connectivity index (χ1) is 13.8. The summed E-state index contributed by atoms with van der Waals surface area (Å²) < 4.78 is 4.10. The number of fused-ring (bicyclic) bond motifs is 1. The topological polar surface area (TPSA) is 48.5 Å². The SMILES string of the molecule is Clc1ncnc2c1c(-c1ccccc1)cn2-c1ccc(Cn2ccnc2)cc1. The van der Waals surface area contributed by atoms with E-state index in [0.717, 1.165) is 34.4 Å². The number of nitrogens with zero attached hydrogens (tertiary/aromatic N) is 5. The third-order valence-corrected chi connectivity index (χ3v) is 5.05. The Morgan fingerprint density at radius 2 is 1.75 bits per heavy atom. The molecule has 0 saturated carbocycles. The van der Waals surface area contributed by atoms with E-state index in [-0.39, 0.29) is 0 Å². The Labute approximate surface area is 166 Å². The Morgan fingerprint density at radius 3 is 2.50 bits per heavy atom. The average Bonchev–Trinajstić information content (AvgIpc) is 3.38. The minimum absolute atomic E-state index is 0.458. The molecule has 0 amide bonds. The summed E-state index contributed by atoms with van der Waals surface area (Å²) in [5.74, 6) is 0. The number of halogens is 1. The fourth-order valence-corrected chi connectivity index (χ4v) is 3.64. The lowest BCUT2D eigenvalue weighted by atomic mass is 10.1. The Kier molecular flexibility index (Phi) is 4.14. The van der Waals surface area contributed by atoms with Crippen molar-refractivity contribution in [3.05, 3.63) is 96.6 Å². The molecule has 0 saturated heterocycles. The number of hydrogen-bond donors (Lipinski definition) is 0. The molecule has 6 heteroatoms. The van der Waals surface area contributed by atoms with E-state index in [1.54, 1.807) is 6.20 Å². The third-order valence-electron chi connectivity index (χ3n) is 4.76. The minimum atomic E-state index is 0.458. The molecule has 5 rings (SSSR count). The molecule has 0 bridgehead atoms. The van der Waals surface area contributed by atoms with Crippen LogP contribution in [0.1, 0.15) is 5.56 Å². The van der Waals surface area contributed by atoms with E-state index < -0.39 is 0 Å². The van der Waals surface area contributed by atoms with Crippen LogP contribution in [0.15, 0.2) is 85.8 Å². The fourth-order valence-electron chi connectivity index (χ4n) is 3.41. The van der Waals surface area contributed by atoms with Crippen molar-refractivity contribution in [2.24, 2.45) is 0 Å². The lowest BCUT2D eigenvalue weighted by molar-refractivity contribution is 0.797. The third kappa shape index (κ3) is 2.96. The maximum atomic E-state index is 6.44. The molecule has 5 nitrogen and oxygen atoms in total. The predicted molar refractivity (Wildman–Crippen MR) is 111 cm³/mol. The van der Waals surface area contributed by atoms with Gasteiger partial charge in [0.25, 0.3) is 0 Å². The summed E-state index contributed by atoms with van der Waals surface area (Å²) in [5, 5.41) is 1.32. The molecule has 0 N–H and O–H groups in total. The van der Waals surface area contributed by atoms with Crippen LogP contribution in [-0.2, 0) is 6.54 Å². The van der Waals surface area contributed by atoms with Crippen LogP contribution in [0.2, 0.25) is 5.15 Å². The molecule has 3 aromatic heterocycles. The largest absolute Gasteiger partial charge is 0.333 e. The van der Waals surface area contributed by atoms with Gasteiger partial charge in [-0.05, 0) is 23.3 Å². The molecule has 28 heavy (non-hydrogen) atoms. The van der Waals surface area contributed by atoms with Gasteiger partial charge >= 0.3 is 0 Å². The van der Waals surface area contributed by atoms with Crippen LogP contribution in [0, 0.1) is 0 Å². The van der Waals surface area contributed by atoms with E-state index in [1.165, 1.54) is 11.9 Å². The molecule has 0 aliphatic heterocycles. The van der Waals surface area contributed by atoms with Crippen LogP contribution in [0.4, 0.5) is 0 Å². The van der Waals surface area contributed by atoms with Crippen molar-refractivity contribution in [1.82, 2.24) is 24.1 Å². The van der Waals surface area contributed by atoms with E-state index in [2.05, 4.69) is 62.1 Å². The van der Waals surface area contributed by atoms with E-state index in [9.17, 15) is 0 Å². The van der Waals surface area contributed by atoms with E-state index in [4.69, 9.17) is 11.6 Å². The van der Waals surface area contributed by atoms with Crippen LogP contribution in [0.5, 0.6) is 0 Å². The van der Waals surface area contributed by atoms with Crippen molar-refractivity contribution in [3.63, 3.8) is 0 Å². The monoisotopic (exact) mass is 385 g/mol. The number of rotatable bonds is 4. The molecule has 0 radical (unpaired) electrons. The molecule has 0 atom stereocenters. The second-order valence-electron chi connectivity index (χ2n) is 6.54. The molecule has 5 aromatic rings. The second kappa shape index (κ2) is 6.94. The maximum absolute atomic E-state index is 6.44. The summed E-state index contributed by atoms with van der Waals surface area (Å²) >= 11 is 6.44. The summed E-state index contributed by atoms with van der Waals surface area (Å²) in [7, 11) is 0. The molecule has 0 aliphatic carbocycles. The lowest BCUT2D eigenvalue weighted by Gasteiger charge is -2.07. The quantitative estimate of drug-likeness (QED) is 0.410. The highest BCUT2D eigenvalue weighted by Crippen LogP contribution is 2.34. The van der Waals surface area contributed by atoms with Gasteiger partial charge in [-0.1, -0.05) is 54.1 Å². The highest BCUT2D eigenvalue weighted by molar-refractivity contribution is 6.35. The Morgan fingerprint density at radius 1 is 0.929 bits per heavy atom. The fraction of sp³-hybridized carbons (Fsp3) is 0.0455. The van der Waals surface area contributed by atoms with E-state index >= 15 is 0 Å². The van der Waals surface area contributed by atoms with Crippen molar-refractivity contribution in [3.8, 4) is 16.8 Å². The second-order valence-corrected chi connectivity index (χ2v) is 6.90. The van der Waals surface area contributed by atoms with E-state index in [1.807, 2.05) is 35.3 Å². The summed E-state index contributed by atoms with van der Waals surface area (Å²) in [5.41, 5.74) is 5.12. The first-order valence-corrected chi connectivity index (χ1v) is 9.29. The number of imidazole rings is 1. The van der Waals surface area contributed by atoms with Gasteiger partial charge in [0.05, 0.1) is 11.7 Å². The molecule has 0 unspecified atom stereocenters. The normalized spacial score (nSPS) is 11.2. The first kappa shape index (κ1) is 16.7. The zero-order valence-corrected chi connectivity index (χ0v) is 15.7. The molecular weight excluding hydrogens is 370 g/mol. The van der Waals surface area contributed by atoms with Crippen molar-refractivity contribution >= 4 is 22.6 Å². The van der Waals surface area contributed by atoms with Crippen LogP contribution < -0.4 is 0 Å². The van der Waals surface area contributed by atoms with Crippen molar-refractivity contribution in [2.45, 2.75) is 6.54 Å². The lowest BCUT2D eigenvalue weighted by Crippen LogP contribution is -1.98. The van der Waals surface area contributed by atoms with Gasteiger partial charge in [-0.15, -0.1) is 0 Å².